The SMILES string of the molecule is O=C(CN1C(=O)COc2ccc([N+](=O)[O-])cc21)Nc1ccc(Br)cc1Cl. The third-order valence-corrected chi connectivity index (χ3v) is 4.41. The van der Waals surface area contributed by atoms with Crippen molar-refractivity contribution in [3.05, 3.63) is 56.0 Å². The number of anilines is 2. The zero-order valence-corrected chi connectivity index (χ0v) is 15.4. The molecule has 0 saturated carbocycles. The number of nitrogens with one attached hydrogen (secondary N) is 1. The fourth-order valence-corrected chi connectivity index (χ4v) is 3.12. The van der Waals surface area contributed by atoms with E-state index in [1.807, 2.05) is 0 Å². The van der Waals surface area contributed by atoms with Crippen molar-refractivity contribution in [2.75, 3.05) is 23.4 Å². The van der Waals surface area contributed by atoms with Gasteiger partial charge in [-0.2, -0.15) is 0 Å². The summed E-state index contributed by atoms with van der Waals surface area (Å²) in [6.07, 6.45) is 0. The molecule has 1 aliphatic heterocycles. The van der Waals surface area contributed by atoms with E-state index in [9.17, 15) is 19.7 Å². The molecule has 2 aromatic rings. The van der Waals surface area contributed by atoms with Crippen LogP contribution in [0.5, 0.6) is 5.75 Å². The summed E-state index contributed by atoms with van der Waals surface area (Å²) >= 11 is 9.33. The lowest BCUT2D eigenvalue weighted by molar-refractivity contribution is -0.384. The number of carbonyl (C=O) groups is 2. The van der Waals surface area contributed by atoms with Gasteiger partial charge in [-0.15, -0.1) is 0 Å². The van der Waals surface area contributed by atoms with E-state index >= 15 is 0 Å². The molecule has 2 aromatic carbocycles. The van der Waals surface area contributed by atoms with Crippen molar-refractivity contribution < 1.29 is 19.2 Å². The lowest BCUT2D eigenvalue weighted by Gasteiger charge is -2.28. The molecule has 0 radical (unpaired) electrons. The highest BCUT2D eigenvalue weighted by molar-refractivity contribution is 9.10. The molecule has 8 nitrogen and oxygen atoms in total. The van der Waals surface area contributed by atoms with Gasteiger partial charge in [-0.25, -0.2) is 0 Å². The van der Waals surface area contributed by atoms with Crippen molar-refractivity contribution in [1.82, 2.24) is 0 Å². The molecule has 0 saturated heterocycles. The normalized spacial score (nSPS) is 13.0. The smallest absolute Gasteiger partial charge is 0.271 e. The van der Waals surface area contributed by atoms with E-state index in [2.05, 4.69) is 21.2 Å². The predicted octanol–water partition coefficient (Wildman–Crippen LogP) is 3.37. The van der Waals surface area contributed by atoms with Crippen LogP contribution < -0.4 is 15.0 Å². The Bertz CT molecular complexity index is 921. The summed E-state index contributed by atoms with van der Waals surface area (Å²) < 4.78 is 6.02. The van der Waals surface area contributed by atoms with Crippen LogP contribution in [0, 0.1) is 10.1 Å². The van der Waals surface area contributed by atoms with Crippen molar-refractivity contribution in [3.8, 4) is 5.75 Å². The minimum absolute atomic E-state index is 0.174. The number of nitro benzene ring substituents is 1. The summed E-state index contributed by atoms with van der Waals surface area (Å²) in [7, 11) is 0. The van der Waals surface area contributed by atoms with E-state index in [1.54, 1.807) is 18.2 Å². The summed E-state index contributed by atoms with van der Waals surface area (Å²) in [5.74, 6) is -0.679. The molecule has 1 N–H and O–H groups in total. The number of nitrogens with zero attached hydrogens (tertiary/aromatic N) is 2. The van der Waals surface area contributed by atoms with E-state index < -0.39 is 16.7 Å². The van der Waals surface area contributed by atoms with E-state index in [4.69, 9.17) is 16.3 Å². The highest BCUT2D eigenvalue weighted by Gasteiger charge is 2.29. The van der Waals surface area contributed by atoms with Gasteiger partial charge in [0.2, 0.25) is 5.91 Å². The fourth-order valence-electron chi connectivity index (χ4n) is 2.40. The minimum Gasteiger partial charge on any atom is -0.482 e. The Labute approximate surface area is 161 Å². The monoisotopic (exact) mass is 439 g/mol. The first-order valence-electron chi connectivity index (χ1n) is 7.31. The fraction of sp³-hybridized carbons (Fsp3) is 0.125. The molecule has 1 aliphatic rings. The molecule has 0 spiro atoms. The standard InChI is InChI=1S/C16H11BrClN3O5/c17-9-1-3-12(11(18)5-9)19-15(22)7-20-13-6-10(21(24)25)2-4-14(13)26-8-16(20)23/h1-6H,7-8H2,(H,19,22). The summed E-state index contributed by atoms with van der Waals surface area (Å²) in [5.41, 5.74) is 0.357. The van der Waals surface area contributed by atoms with Gasteiger partial charge >= 0.3 is 0 Å². The lowest BCUT2D eigenvalue weighted by Crippen LogP contribution is -2.43. The topological polar surface area (TPSA) is 102 Å². The van der Waals surface area contributed by atoms with E-state index in [1.165, 1.54) is 18.2 Å². The molecule has 0 atom stereocenters. The van der Waals surface area contributed by atoms with Crippen molar-refractivity contribution in [1.29, 1.82) is 0 Å². The van der Waals surface area contributed by atoms with E-state index in [-0.39, 0.29) is 24.5 Å². The molecule has 0 fully saturated rings. The largest absolute Gasteiger partial charge is 0.482 e. The highest BCUT2D eigenvalue weighted by Crippen LogP contribution is 2.35. The number of halogens is 2. The van der Waals surface area contributed by atoms with Gasteiger partial charge in [-0.3, -0.25) is 24.6 Å². The first kappa shape index (κ1) is 18.2. The van der Waals surface area contributed by atoms with Crippen molar-refractivity contribution in [2.24, 2.45) is 0 Å². The van der Waals surface area contributed by atoms with Crippen LogP contribution >= 0.6 is 27.5 Å². The molecular formula is C16H11BrClN3O5. The van der Waals surface area contributed by atoms with Crippen LogP contribution in [-0.2, 0) is 9.59 Å². The molecule has 0 unspecified atom stereocenters. The van der Waals surface area contributed by atoms with Gasteiger partial charge < -0.3 is 10.1 Å². The number of non-ortho nitro benzene ring substituents is 1. The van der Waals surface area contributed by atoms with Gasteiger partial charge in [0.1, 0.15) is 12.3 Å². The number of fused-ring (bicyclic) bond motifs is 1. The highest BCUT2D eigenvalue weighted by atomic mass is 79.9. The lowest BCUT2D eigenvalue weighted by atomic mass is 10.2. The summed E-state index contributed by atoms with van der Waals surface area (Å²) in [5, 5.41) is 13.9. The molecule has 10 heteroatoms. The third kappa shape index (κ3) is 3.78. The van der Waals surface area contributed by atoms with Crippen LogP contribution in [-0.4, -0.2) is 29.9 Å². The number of rotatable bonds is 4. The average Bonchev–Trinajstić information content (AvgIpc) is 2.59. The third-order valence-electron chi connectivity index (χ3n) is 3.60. The maximum absolute atomic E-state index is 12.3. The number of ether oxygens (including phenoxy) is 1. The van der Waals surface area contributed by atoms with Gasteiger partial charge in [-0.05, 0) is 24.3 Å². The van der Waals surface area contributed by atoms with Crippen LogP contribution in [0.2, 0.25) is 5.02 Å². The van der Waals surface area contributed by atoms with Crippen LogP contribution in [0.1, 0.15) is 0 Å². The Morgan fingerprint density at radius 3 is 2.81 bits per heavy atom. The molecule has 26 heavy (non-hydrogen) atoms. The number of benzene rings is 2. The van der Waals surface area contributed by atoms with Crippen LogP contribution in [0.4, 0.5) is 17.1 Å². The Balaban J connectivity index is 1.83. The number of carbonyl (C=O) groups excluding carboxylic acids is 2. The average molecular weight is 441 g/mol. The second kappa shape index (κ2) is 7.30. The van der Waals surface area contributed by atoms with Gasteiger partial charge in [0, 0.05) is 16.6 Å². The number of nitro groups is 1. The molecule has 1 heterocycles. The van der Waals surface area contributed by atoms with Crippen molar-refractivity contribution >= 4 is 56.4 Å². The first-order valence-corrected chi connectivity index (χ1v) is 8.49. The van der Waals surface area contributed by atoms with Crippen LogP contribution in [0.3, 0.4) is 0 Å². The van der Waals surface area contributed by atoms with Gasteiger partial charge in [0.15, 0.2) is 6.61 Å². The van der Waals surface area contributed by atoms with Gasteiger partial charge in [0.25, 0.3) is 11.6 Å². The van der Waals surface area contributed by atoms with Gasteiger partial charge in [-0.1, -0.05) is 27.5 Å². The molecule has 0 aliphatic carbocycles. The number of hydrogen-bond acceptors (Lipinski definition) is 5. The number of amides is 2. The first-order chi connectivity index (χ1) is 12.3. The Hall–Kier alpha value is -2.65. The summed E-state index contributed by atoms with van der Waals surface area (Å²) in [4.78, 5) is 36.0. The van der Waals surface area contributed by atoms with E-state index in [0.717, 1.165) is 9.37 Å². The molecule has 134 valence electrons. The zero-order valence-electron chi connectivity index (χ0n) is 13.1. The Kier molecular flexibility index (Phi) is 5.10. The Morgan fingerprint density at radius 1 is 1.35 bits per heavy atom. The molecular weight excluding hydrogens is 430 g/mol. The maximum Gasteiger partial charge on any atom is 0.271 e. The Morgan fingerprint density at radius 2 is 2.12 bits per heavy atom. The molecule has 3 rings (SSSR count). The molecule has 0 aromatic heterocycles. The number of hydrogen-bond donors (Lipinski definition) is 1. The summed E-state index contributed by atoms with van der Waals surface area (Å²) in [6, 6.07) is 8.82. The quantitative estimate of drug-likeness (QED) is 0.580. The second-order valence-corrected chi connectivity index (χ2v) is 6.67. The molecule has 2 amide bonds. The van der Waals surface area contributed by atoms with Gasteiger partial charge in [0.05, 0.1) is 21.3 Å². The zero-order chi connectivity index (χ0) is 18.8. The maximum atomic E-state index is 12.3. The predicted molar refractivity (Wildman–Crippen MR) is 98.7 cm³/mol. The molecule has 0 bridgehead atoms. The van der Waals surface area contributed by atoms with Crippen LogP contribution in [0.15, 0.2) is 40.9 Å². The van der Waals surface area contributed by atoms with Crippen molar-refractivity contribution in [3.63, 3.8) is 0 Å². The summed E-state index contributed by atoms with van der Waals surface area (Å²) in [6.45, 7) is -0.583. The second-order valence-electron chi connectivity index (χ2n) is 5.35. The van der Waals surface area contributed by atoms with Crippen molar-refractivity contribution in [2.45, 2.75) is 0 Å². The van der Waals surface area contributed by atoms with E-state index in [0.29, 0.717) is 16.5 Å². The van der Waals surface area contributed by atoms with Crippen LogP contribution in [0.25, 0.3) is 0 Å². The minimum atomic E-state index is -0.584.